The van der Waals surface area contributed by atoms with Crippen molar-refractivity contribution >= 4 is 16.9 Å². The van der Waals surface area contributed by atoms with Crippen molar-refractivity contribution in [2.75, 3.05) is 26.9 Å². The van der Waals surface area contributed by atoms with Crippen LogP contribution in [0.5, 0.6) is 5.75 Å². The number of carbonyl (C=O) groups is 1. The van der Waals surface area contributed by atoms with Gasteiger partial charge >= 0.3 is 0 Å². The van der Waals surface area contributed by atoms with Crippen molar-refractivity contribution in [2.45, 2.75) is 38.5 Å². The largest absolute Gasteiger partial charge is 0.497 e. The molecule has 2 heterocycles. The molecule has 158 valence electrons. The van der Waals surface area contributed by atoms with E-state index in [0.717, 1.165) is 35.1 Å². The molecule has 3 aromatic rings. The van der Waals surface area contributed by atoms with Crippen LogP contribution < -0.4 is 10.1 Å². The number of aryl methyl sites for hydroxylation is 2. The molecule has 1 fully saturated rings. The van der Waals surface area contributed by atoms with Gasteiger partial charge in [0.25, 0.3) is 0 Å². The number of ether oxygens (including phenoxy) is 2. The number of methoxy groups -OCH3 is 1. The van der Waals surface area contributed by atoms with Crippen LogP contribution in [0.1, 0.15) is 35.1 Å². The first-order chi connectivity index (χ1) is 14.5. The Bertz CT molecular complexity index is 1030. The molecule has 1 amide bonds. The summed E-state index contributed by atoms with van der Waals surface area (Å²) in [5.74, 6) is 0.845. The Balaban J connectivity index is 1.48. The SMILES string of the molecule is COc1ccc(C2(CNC(=O)Cc3coc4cc(C)c(C)cc34)CCOCC2)cc1. The van der Waals surface area contributed by atoms with Crippen LogP contribution >= 0.6 is 0 Å². The average molecular weight is 408 g/mol. The monoisotopic (exact) mass is 407 g/mol. The highest BCUT2D eigenvalue weighted by Gasteiger charge is 2.35. The van der Waals surface area contributed by atoms with Crippen molar-refractivity contribution in [3.05, 3.63) is 64.9 Å². The van der Waals surface area contributed by atoms with Crippen LogP contribution in [0.4, 0.5) is 0 Å². The highest BCUT2D eigenvalue weighted by molar-refractivity contribution is 5.88. The molecule has 0 aliphatic carbocycles. The molecule has 1 aromatic heterocycles. The quantitative estimate of drug-likeness (QED) is 0.655. The molecule has 1 saturated heterocycles. The maximum absolute atomic E-state index is 12.8. The molecule has 0 radical (unpaired) electrons. The van der Waals surface area contributed by atoms with Gasteiger partial charge in [-0.2, -0.15) is 0 Å². The standard InChI is InChI=1S/C25H29NO4/c1-17-12-22-19(15-30-23(22)13-18(17)2)14-24(27)26-16-25(8-10-29-11-9-25)20-4-6-21(28-3)7-5-20/h4-7,12-13,15H,8-11,14,16H2,1-3H3,(H,26,27). The van der Waals surface area contributed by atoms with Gasteiger partial charge in [-0.1, -0.05) is 12.1 Å². The zero-order valence-electron chi connectivity index (χ0n) is 17.9. The Hall–Kier alpha value is -2.79. The van der Waals surface area contributed by atoms with Crippen molar-refractivity contribution < 1.29 is 18.7 Å². The van der Waals surface area contributed by atoms with Crippen LogP contribution in [-0.2, 0) is 21.4 Å². The van der Waals surface area contributed by atoms with Gasteiger partial charge in [0.05, 0.1) is 19.8 Å². The van der Waals surface area contributed by atoms with Crippen molar-refractivity contribution in [2.24, 2.45) is 0 Å². The van der Waals surface area contributed by atoms with Crippen molar-refractivity contribution in [1.29, 1.82) is 0 Å². The Morgan fingerprint density at radius 1 is 1.10 bits per heavy atom. The van der Waals surface area contributed by atoms with E-state index in [1.165, 1.54) is 16.7 Å². The lowest BCUT2D eigenvalue weighted by molar-refractivity contribution is -0.120. The second-order valence-electron chi connectivity index (χ2n) is 8.27. The van der Waals surface area contributed by atoms with Crippen LogP contribution in [0.3, 0.4) is 0 Å². The van der Waals surface area contributed by atoms with Crippen LogP contribution in [0, 0.1) is 13.8 Å². The molecule has 1 aliphatic rings. The van der Waals surface area contributed by atoms with Gasteiger partial charge in [0, 0.05) is 36.1 Å². The highest BCUT2D eigenvalue weighted by atomic mass is 16.5. The van der Waals surface area contributed by atoms with Crippen LogP contribution in [0.2, 0.25) is 0 Å². The summed E-state index contributed by atoms with van der Waals surface area (Å²) in [6.07, 6.45) is 3.78. The summed E-state index contributed by atoms with van der Waals surface area (Å²) in [7, 11) is 1.67. The first-order valence-electron chi connectivity index (χ1n) is 10.5. The number of rotatable bonds is 6. The Morgan fingerprint density at radius 3 is 2.50 bits per heavy atom. The predicted molar refractivity (Wildman–Crippen MR) is 117 cm³/mol. The first kappa shape index (κ1) is 20.5. The van der Waals surface area contributed by atoms with Gasteiger partial charge in [0.2, 0.25) is 5.91 Å². The lowest BCUT2D eigenvalue weighted by Crippen LogP contribution is -2.45. The van der Waals surface area contributed by atoms with E-state index in [4.69, 9.17) is 13.9 Å². The minimum absolute atomic E-state index is 0.00954. The fraction of sp³-hybridized carbons (Fsp3) is 0.400. The van der Waals surface area contributed by atoms with E-state index in [9.17, 15) is 4.79 Å². The van der Waals surface area contributed by atoms with Crippen LogP contribution in [0.25, 0.3) is 11.0 Å². The fourth-order valence-corrected chi connectivity index (χ4v) is 4.25. The average Bonchev–Trinajstić information content (AvgIpc) is 3.14. The van der Waals surface area contributed by atoms with Gasteiger partial charge in [-0.05, 0) is 67.6 Å². The van der Waals surface area contributed by atoms with Crippen molar-refractivity contribution in [3.63, 3.8) is 0 Å². The van der Waals surface area contributed by atoms with E-state index in [1.807, 2.05) is 18.2 Å². The van der Waals surface area contributed by atoms with Crippen LogP contribution in [-0.4, -0.2) is 32.8 Å². The first-order valence-corrected chi connectivity index (χ1v) is 10.5. The summed E-state index contributed by atoms with van der Waals surface area (Å²) in [6, 6.07) is 12.3. The number of nitrogens with one attached hydrogen (secondary N) is 1. The minimum Gasteiger partial charge on any atom is -0.497 e. The zero-order valence-corrected chi connectivity index (χ0v) is 17.9. The van der Waals surface area contributed by atoms with Gasteiger partial charge in [-0.25, -0.2) is 0 Å². The molecule has 5 nitrogen and oxygen atoms in total. The van der Waals surface area contributed by atoms with Crippen molar-refractivity contribution in [3.8, 4) is 5.75 Å². The van der Waals surface area contributed by atoms with Gasteiger partial charge in [-0.15, -0.1) is 0 Å². The maximum atomic E-state index is 12.8. The van der Waals surface area contributed by atoms with Gasteiger partial charge in [0.15, 0.2) is 0 Å². The molecule has 1 N–H and O–H groups in total. The van der Waals surface area contributed by atoms with E-state index < -0.39 is 0 Å². The third kappa shape index (κ3) is 4.08. The smallest absolute Gasteiger partial charge is 0.224 e. The van der Waals surface area contributed by atoms with Gasteiger partial charge in [0.1, 0.15) is 11.3 Å². The molecular formula is C25H29NO4. The fourth-order valence-electron chi connectivity index (χ4n) is 4.25. The summed E-state index contributed by atoms with van der Waals surface area (Å²) >= 11 is 0. The maximum Gasteiger partial charge on any atom is 0.224 e. The number of amides is 1. The minimum atomic E-state index is -0.119. The van der Waals surface area contributed by atoms with Crippen LogP contribution in [0.15, 0.2) is 47.1 Å². The highest BCUT2D eigenvalue weighted by Crippen LogP contribution is 2.35. The van der Waals surface area contributed by atoms with E-state index in [-0.39, 0.29) is 11.3 Å². The molecule has 0 bridgehead atoms. The van der Waals surface area contributed by atoms with Gasteiger partial charge in [-0.3, -0.25) is 4.79 Å². The zero-order chi connectivity index (χ0) is 21.1. The molecule has 2 aromatic carbocycles. The lowest BCUT2D eigenvalue weighted by Gasteiger charge is -2.38. The lowest BCUT2D eigenvalue weighted by atomic mass is 9.74. The normalized spacial score (nSPS) is 15.8. The number of hydrogen-bond acceptors (Lipinski definition) is 4. The van der Waals surface area contributed by atoms with E-state index in [0.29, 0.717) is 26.2 Å². The Labute approximate surface area is 177 Å². The summed E-state index contributed by atoms with van der Waals surface area (Å²) < 4.78 is 16.6. The Morgan fingerprint density at radius 2 is 1.80 bits per heavy atom. The number of fused-ring (bicyclic) bond motifs is 1. The third-order valence-electron chi connectivity index (χ3n) is 6.40. The summed E-state index contributed by atoms with van der Waals surface area (Å²) in [6.45, 7) is 6.14. The molecule has 0 spiro atoms. The second kappa shape index (κ2) is 8.52. The molecule has 5 heteroatoms. The number of carbonyl (C=O) groups excluding carboxylic acids is 1. The molecule has 30 heavy (non-hydrogen) atoms. The van der Waals surface area contributed by atoms with E-state index >= 15 is 0 Å². The topological polar surface area (TPSA) is 60.7 Å². The predicted octanol–water partition coefficient (Wildman–Crippen LogP) is 4.47. The van der Waals surface area contributed by atoms with E-state index in [1.54, 1.807) is 13.4 Å². The van der Waals surface area contributed by atoms with Gasteiger partial charge < -0.3 is 19.2 Å². The summed E-state index contributed by atoms with van der Waals surface area (Å²) in [4.78, 5) is 12.8. The van der Waals surface area contributed by atoms with E-state index in [2.05, 4.69) is 37.4 Å². The molecular weight excluding hydrogens is 378 g/mol. The molecule has 0 saturated carbocycles. The molecule has 0 atom stereocenters. The number of hydrogen-bond donors (Lipinski definition) is 1. The Kier molecular flexibility index (Phi) is 5.82. The number of benzene rings is 2. The summed E-state index contributed by atoms with van der Waals surface area (Å²) in [5.41, 5.74) is 5.25. The summed E-state index contributed by atoms with van der Waals surface area (Å²) in [5, 5.41) is 4.20. The second-order valence-corrected chi connectivity index (χ2v) is 8.27. The third-order valence-corrected chi connectivity index (χ3v) is 6.40. The molecule has 4 rings (SSSR count). The number of furan rings is 1. The molecule has 0 unspecified atom stereocenters. The van der Waals surface area contributed by atoms with Crippen molar-refractivity contribution in [1.82, 2.24) is 5.32 Å². The molecule has 1 aliphatic heterocycles.